The van der Waals surface area contributed by atoms with Crippen LogP contribution in [0.25, 0.3) is 0 Å². The molecule has 0 radical (unpaired) electrons. The molecule has 0 spiro atoms. The zero-order chi connectivity index (χ0) is 16.9. The van der Waals surface area contributed by atoms with Gasteiger partial charge in [0.25, 0.3) is 0 Å². The van der Waals surface area contributed by atoms with E-state index in [0.29, 0.717) is 18.2 Å². The summed E-state index contributed by atoms with van der Waals surface area (Å²) in [6.07, 6.45) is 2.52. The number of nitrogens with two attached hydrogens (primary N) is 1. The van der Waals surface area contributed by atoms with Gasteiger partial charge in [-0.15, -0.1) is 0 Å². The molecule has 3 rings (SSSR count). The molecule has 1 fully saturated rings. The second-order valence-corrected chi connectivity index (χ2v) is 6.09. The van der Waals surface area contributed by atoms with Gasteiger partial charge in [-0.05, 0) is 36.1 Å². The Morgan fingerprint density at radius 3 is 2.33 bits per heavy atom. The molecule has 1 atom stereocenters. The summed E-state index contributed by atoms with van der Waals surface area (Å²) in [5, 5.41) is 5.76. The van der Waals surface area contributed by atoms with Crippen LogP contribution in [-0.4, -0.2) is 17.9 Å². The lowest BCUT2D eigenvalue weighted by Crippen LogP contribution is -2.28. The van der Waals surface area contributed by atoms with Gasteiger partial charge in [-0.25, -0.2) is 0 Å². The highest BCUT2D eigenvalue weighted by molar-refractivity contribution is 5.95. The van der Waals surface area contributed by atoms with Crippen molar-refractivity contribution in [3.05, 3.63) is 65.7 Å². The van der Waals surface area contributed by atoms with E-state index in [1.807, 2.05) is 42.5 Å². The van der Waals surface area contributed by atoms with Gasteiger partial charge in [0.1, 0.15) is 6.04 Å². The molecule has 5 heteroatoms. The maximum absolute atomic E-state index is 12.2. The summed E-state index contributed by atoms with van der Waals surface area (Å²) in [4.78, 5) is 24.0. The molecule has 0 aliphatic heterocycles. The molecular weight excluding hydrogens is 302 g/mol. The van der Waals surface area contributed by atoms with E-state index >= 15 is 0 Å². The molecule has 1 saturated carbocycles. The van der Waals surface area contributed by atoms with E-state index in [0.717, 1.165) is 24.0 Å². The number of nitrogens with one attached hydrogen (secondary N) is 2. The molecule has 4 N–H and O–H groups in total. The van der Waals surface area contributed by atoms with E-state index in [9.17, 15) is 9.59 Å². The molecule has 5 nitrogen and oxygen atoms in total. The number of hydrogen-bond donors (Lipinski definition) is 3. The number of amides is 2. The molecule has 2 aromatic carbocycles. The summed E-state index contributed by atoms with van der Waals surface area (Å²) in [5.41, 5.74) is 8.32. The van der Waals surface area contributed by atoms with Crippen molar-refractivity contribution < 1.29 is 9.59 Å². The fourth-order valence-corrected chi connectivity index (χ4v) is 2.43. The van der Waals surface area contributed by atoms with Crippen LogP contribution >= 0.6 is 0 Å². The first kappa shape index (κ1) is 16.2. The van der Waals surface area contributed by atoms with Gasteiger partial charge in [0.15, 0.2) is 0 Å². The number of carbonyl (C=O) groups is 2. The number of benzene rings is 2. The number of carbonyl (C=O) groups excluding carboxylic acids is 2. The minimum absolute atomic E-state index is 0.0420. The number of rotatable bonds is 6. The SMILES string of the molecule is NC(C(=O)Nc1ccc(CC(=O)NC2CC2)cc1)c1ccccc1. The van der Waals surface area contributed by atoms with E-state index in [1.54, 1.807) is 12.1 Å². The van der Waals surface area contributed by atoms with Gasteiger partial charge < -0.3 is 16.4 Å². The Balaban J connectivity index is 1.55. The summed E-state index contributed by atoms with van der Waals surface area (Å²) in [5.74, 6) is -0.221. The van der Waals surface area contributed by atoms with Gasteiger partial charge >= 0.3 is 0 Å². The molecule has 2 amide bonds. The van der Waals surface area contributed by atoms with Crippen molar-refractivity contribution in [2.45, 2.75) is 31.3 Å². The fourth-order valence-electron chi connectivity index (χ4n) is 2.43. The highest BCUT2D eigenvalue weighted by atomic mass is 16.2. The van der Waals surface area contributed by atoms with Crippen LogP contribution in [-0.2, 0) is 16.0 Å². The highest BCUT2D eigenvalue weighted by Gasteiger charge is 2.23. The van der Waals surface area contributed by atoms with Crippen LogP contribution in [0.5, 0.6) is 0 Å². The largest absolute Gasteiger partial charge is 0.353 e. The molecule has 1 unspecified atom stereocenters. The number of hydrogen-bond acceptors (Lipinski definition) is 3. The summed E-state index contributed by atoms with van der Waals surface area (Å²) in [7, 11) is 0. The Morgan fingerprint density at radius 1 is 1.04 bits per heavy atom. The molecule has 1 aliphatic rings. The monoisotopic (exact) mass is 323 g/mol. The molecule has 2 aromatic rings. The van der Waals surface area contributed by atoms with E-state index in [1.165, 1.54) is 0 Å². The van der Waals surface area contributed by atoms with Crippen LogP contribution in [0, 0.1) is 0 Å². The predicted octanol–water partition coefficient (Wildman–Crippen LogP) is 2.15. The second-order valence-electron chi connectivity index (χ2n) is 6.09. The van der Waals surface area contributed by atoms with Gasteiger partial charge in [0.05, 0.1) is 6.42 Å². The highest BCUT2D eigenvalue weighted by Crippen LogP contribution is 2.19. The number of anilines is 1. The van der Waals surface area contributed by atoms with Gasteiger partial charge in [-0.3, -0.25) is 9.59 Å². The maximum Gasteiger partial charge on any atom is 0.245 e. The standard InChI is InChI=1S/C19H21N3O2/c20-18(14-4-2-1-3-5-14)19(24)22-16-8-6-13(7-9-16)12-17(23)21-15-10-11-15/h1-9,15,18H,10-12,20H2,(H,21,23)(H,22,24). The maximum atomic E-state index is 12.2. The molecule has 1 aliphatic carbocycles. The fraction of sp³-hybridized carbons (Fsp3) is 0.263. The van der Waals surface area contributed by atoms with Crippen LogP contribution in [0.2, 0.25) is 0 Å². The second kappa shape index (κ2) is 7.27. The van der Waals surface area contributed by atoms with Crippen molar-refractivity contribution >= 4 is 17.5 Å². The third-order valence-electron chi connectivity index (χ3n) is 3.97. The van der Waals surface area contributed by atoms with Crippen LogP contribution in [0.15, 0.2) is 54.6 Å². The normalized spacial score (nSPS) is 14.7. The first-order valence-corrected chi connectivity index (χ1v) is 8.11. The zero-order valence-corrected chi connectivity index (χ0v) is 13.4. The van der Waals surface area contributed by atoms with Crippen LogP contribution in [0.3, 0.4) is 0 Å². The van der Waals surface area contributed by atoms with E-state index in [2.05, 4.69) is 10.6 Å². The van der Waals surface area contributed by atoms with E-state index in [4.69, 9.17) is 5.73 Å². The first-order valence-electron chi connectivity index (χ1n) is 8.11. The summed E-state index contributed by atoms with van der Waals surface area (Å²) < 4.78 is 0. The average Bonchev–Trinajstić information content (AvgIpc) is 3.40. The van der Waals surface area contributed by atoms with Gasteiger partial charge in [-0.2, -0.15) is 0 Å². The quantitative estimate of drug-likeness (QED) is 0.761. The third-order valence-corrected chi connectivity index (χ3v) is 3.97. The van der Waals surface area contributed by atoms with Crippen LogP contribution in [0.1, 0.15) is 30.0 Å². The van der Waals surface area contributed by atoms with Crippen molar-refractivity contribution in [3.63, 3.8) is 0 Å². The van der Waals surface area contributed by atoms with E-state index < -0.39 is 6.04 Å². The smallest absolute Gasteiger partial charge is 0.245 e. The van der Waals surface area contributed by atoms with Gasteiger partial charge in [0.2, 0.25) is 11.8 Å². The topological polar surface area (TPSA) is 84.2 Å². The van der Waals surface area contributed by atoms with Crippen molar-refractivity contribution in [1.29, 1.82) is 0 Å². The van der Waals surface area contributed by atoms with E-state index in [-0.39, 0.29) is 11.8 Å². The zero-order valence-electron chi connectivity index (χ0n) is 13.4. The molecule has 0 bridgehead atoms. The van der Waals surface area contributed by atoms with Crippen molar-refractivity contribution in [3.8, 4) is 0 Å². The van der Waals surface area contributed by atoms with Crippen molar-refractivity contribution in [2.75, 3.05) is 5.32 Å². The first-order chi connectivity index (χ1) is 11.6. The molecule has 24 heavy (non-hydrogen) atoms. The Labute approximate surface area is 141 Å². The summed E-state index contributed by atoms with van der Waals surface area (Å²) >= 11 is 0. The minimum Gasteiger partial charge on any atom is -0.353 e. The van der Waals surface area contributed by atoms with Crippen LogP contribution < -0.4 is 16.4 Å². The molecule has 0 saturated heterocycles. The summed E-state index contributed by atoms with van der Waals surface area (Å²) in [6.45, 7) is 0. The van der Waals surface area contributed by atoms with Crippen LogP contribution in [0.4, 0.5) is 5.69 Å². The van der Waals surface area contributed by atoms with Crippen molar-refractivity contribution in [2.24, 2.45) is 5.73 Å². The van der Waals surface area contributed by atoms with Gasteiger partial charge in [0, 0.05) is 11.7 Å². The Kier molecular flexibility index (Phi) is 4.91. The lowest BCUT2D eigenvalue weighted by Gasteiger charge is -2.13. The lowest BCUT2D eigenvalue weighted by atomic mass is 10.1. The molecule has 0 aromatic heterocycles. The summed E-state index contributed by atoms with van der Waals surface area (Å²) in [6, 6.07) is 16.2. The lowest BCUT2D eigenvalue weighted by molar-refractivity contribution is -0.120. The van der Waals surface area contributed by atoms with Crippen molar-refractivity contribution in [1.82, 2.24) is 5.32 Å². The minimum atomic E-state index is -0.713. The Bertz CT molecular complexity index is 709. The average molecular weight is 323 g/mol. The molecular formula is C19H21N3O2. The van der Waals surface area contributed by atoms with Gasteiger partial charge in [-0.1, -0.05) is 42.5 Å². The third kappa shape index (κ3) is 4.43. The Hall–Kier alpha value is -2.66. The Morgan fingerprint density at radius 2 is 1.71 bits per heavy atom. The predicted molar refractivity (Wildman–Crippen MR) is 93.3 cm³/mol. The molecule has 0 heterocycles. The molecule has 124 valence electrons.